The summed E-state index contributed by atoms with van der Waals surface area (Å²) < 4.78 is 0. The molecule has 0 bridgehead atoms. The Morgan fingerprint density at radius 1 is 1.35 bits per heavy atom. The Morgan fingerprint density at radius 2 is 2.00 bits per heavy atom. The Bertz CT molecular complexity index is 440. The molecular weight excluding hydrogens is 218 g/mol. The first-order valence-corrected chi connectivity index (χ1v) is 5.80. The zero-order chi connectivity index (χ0) is 12.6. The molecule has 1 aromatic carbocycles. The number of carbonyl (C=O) groups excluding carboxylic acids is 1. The van der Waals surface area contributed by atoms with Crippen LogP contribution in [0.15, 0.2) is 18.2 Å². The number of amides is 1. The summed E-state index contributed by atoms with van der Waals surface area (Å²) in [5.74, 6) is 0.0112. The summed E-state index contributed by atoms with van der Waals surface area (Å²) in [7, 11) is 1.77. The molecule has 1 saturated carbocycles. The van der Waals surface area contributed by atoms with Gasteiger partial charge in [-0.25, -0.2) is 0 Å². The highest BCUT2D eigenvalue weighted by Crippen LogP contribution is 2.35. The van der Waals surface area contributed by atoms with Crippen LogP contribution >= 0.6 is 0 Å². The molecule has 1 aliphatic rings. The second-order valence-corrected chi connectivity index (χ2v) is 4.70. The van der Waals surface area contributed by atoms with Crippen LogP contribution in [0.3, 0.4) is 0 Å². The van der Waals surface area contributed by atoms with Gasteiger partial charge in [0, 0.05) is 18.7 Å². The van der Waals surface area contributed by atoms with E-state index in [0.29, 0.717) is 11.5 Å². The minimum Gasteiger partial charge on any atom is -0.504 e. The van der Waals surface area contributed by atoms with Gasteiger partial charge < -0.3 is 15.1 Å². The van der Waals surface area contributed by atoms with Crippen molar-refractivity contribution in [2.24, 2.45) is 5.92 Å². The van der Waals surface area contributed by atoms with Gasteiger partial charge >= 0.3 is 0 Å². The molecule has 0 heterocycles. The minimum absolute atomic E-state index is 0.125. The summed E-state index contributed by atoms with van der Waals surface area (Å²) in [4.78, 5) is 13.8. The third-order valence-corrected chi connectivity index (χ3v) is 3.46. The maximum atomic E-state index is 12.1. The molecule has 0 aliphatic heterocycles. The number of benzene rings is 1. The number of hydrogen-bond acceptors (Lipinski definition) is 3. The quantitative estimate of drug-likeness (QED) is 0.787. The number of carbonyl (C=O) groups is 1. The molecule has 0 aromatic heterocycles. The first kappa shape index (κ1) is 11.8. The number of rotatable bonds is 3. The number of nitrogens with zero attached hydrogens (tertiary/aromatic N) is 1. The lowest BCUT2D eigenvalue weighted by molar-refractivity contribution is 0.0727. The van der Waals surface area contributed by atoms with E-state index in [9.17, 15) is 15.0 Å². The summed E-state index contributed by atoms with van der Waals surface area (Å²) in [5.41, 5.74) is 0.398. The molecule has 1 atom stereocenters. The van der Waals surface area contributed by atoms with Crippen molar-refractivity contribution < 1.29 is 15.0 Å². The van der Waals surface area contributed by atoms with Crippen LogP contribution in [0.1, 0.15) is 30.1 Å². The van der Waals surface area contributed by atoms with Gasteiger partial charge in [-0.15, -0.1) is 0 Å². The van der Waals surface area contributed by atoms with Crippen LogP contribution in [0, 0.1) is 5.92 Å². The molecule has 1 fully saturated rings. The Labute approximate surface area is 100 Å². The number of phenolic OH excluding ortho intramolecular Hbond substituents is 2. The van der Waals surface area contributed by atoms with Crippen LogP contribution in [-0.4, -0.2) is 34.1 Å². The molecule has 2 rings (SSSR count). The van der Waals surface area contributed by atoms with Gasteiger partial charge in [-0.05, 0) is 43.9 Å². The zero-order valence-electron chi connectivity index (χ0n) is 10.1. The lowest BCUT2D eigenvalue weighted by Gasteiger charge is -2.25. The van der Waals surface area contributed by atoms with Gasteiger partial charge in [-0.2, -0.15) is 0 Å². The van der Waals surface area contributed by atoms with Crippen LogP contribution in [-0.2, 0) is 0 Å². The molecule has 1 amide bonds. The van der Waals surface area contributed by atoms with Crippen molar-refractivity contribution >= 4 is 5.91 Å². The third-order valence-electron chi connectivity index (χ3n) is 3.46. The molecular formula is C13H17NO3. The molecule has 2 N–H and O–H groups in total. The van der Waals surface area contributed by atoms with E-state index in [2.05, 4.69) is 0 Å². The lowest BCUT2D eigenvalue weighted by Crippen LogP contribution is -2.36. The first-order chi connectivity index (χ1) is 8.00. The van der Waals surface area contributed by atoms with Crippen LogP contribution in [0.25, 0.3) is 0 Å². The maximum absolute atomic E-state index is 12.1. The maximum Gasteiger partial charge on any atom is 0.253 e. The van der Waals surface area contributed by atoms with E-state index < -0.39 is 0 Å². The molecule has 0 spiro atoms. The van der Waals surface area contributed by atoms with Crippen LogP contribution < -0.4 is 0 Å². The largest absolute Gasteiger partial charge is 0.504 e. The van der Waals surface area contributed by atoms with E-state index in [4.69, 9.17) is 0 Å². The van der Waals surface area contributed by atoms with Crippen LogP contribution in [0.5, 0.6) is 11.5 Å². The van der Waals surface area contributed by atoms with E-state index in [-0.39, 0.29) is 23.4 Å². The van der Waals surface area contributed by atoms with Gasteiger partial charge in [-0.1, -0.05) is 0 Å². The number of aromatic hydroxyl groups is 2. The molecule has 17 heavy (non-hydrogen) atoms. The van der Waals surface area contributed by atoms with Crippen molar-refractivity contribution in [3.8, 4) is 11.5 Å². The Kier molecular flexibility index (Phi) is 2.96. The lowest BCUT2D eigenvalue weighted by atomic mass is 10.1. The summed E-state index contributed by atoms with van der Waals surface area (Å²) in [6, 6.07) is 4.37. The second kappa shape index (κ2) is 4.28. The highest BCUT2D eigenvalue weighted by atomic mass is 16.3. The molecule has 0 saturated heterocycles. The standard InChI is InChI=1S/C13H17NO3/c1-8(9-3-4-9)14(2)13(17)10-5-6-11(15)12(16)7-10/h5-9,15-16H,3-4H2,1-2H3. The van der Waals surface area contributed by atoms with E-state index in [0.717, 1.165) is 0 Å². The predicted octanol–water partition coefficient (Wildman–Crippen LogP) is 1.97. The number of hydrogen-bond donors (Lipinski definition) is 2. The SMILES string of the molecule is CC(C1CC1)N(C)C(=O)c1ccc(O)c(O)c1. The van der Waals surface area contributed by atoms with E-state index in [1.165, 1.54) is 31.0 Å². The predicted molar refractivity (Wildman–Crippen MR) is 64.1 cm³/mol. The molecule has 1 aliphatic carbocycles. The van der Waals surface area contributed by atoms with Gasteiger partial charge in [0.1, 0.15) is 0 Å². The molecule has 1 aromatic rings. The van der Waals surface area contributed by atoms with Crippen molar-refractivity contribution in [1.82, 2.24) is 4.90 Å². The van der Waals surface area contributed by atoms with Crippen molar-refractivity contribution in [3.63, 3.8) is 0 Å². The van der Waals surface area contributed by atoms with E-state index in [1.807, 2.05) is 6.92 Å². The Morgan fingerprint density at radius 3 is 2.53 bits per heavy atom. The molecule has 0 radical (unpaired) electrons. The monoisotopic (exact) mass is 235 g/mol. The fraction of sp³-hybridized carbons (Fsp3) is 0.462. The first-order valence-electron chi connectivity index (χ1n) is 5.80. The smallest absolute Gasteiger partial charge is 0.253 e. The summed E-state index contributed by atoms with van der Waals surface area (Å²) >= 11 is 0. The highest BCUT2D eigenvalue weighted by Gasteiger charge is 2.32. The van der Waals surface area contributed by atoms with Gasteiger partial charge in [0.05, 0.1) is 0 Å². The Balaban J connectivity index is 2.15. The molecule has 92 valence electrons. The highest BCUT2D eigenvalue weighted by molar-refractivity contribution is 5.94. The van der Waals surface area contributed by atoms with E-state index in [1.54, 1.807) is 11.9 Å². The fourth-order valence-electron chi connectivity index (χ4n) is 1.94. The fourth-order valence-corrected chi connectivity index (χ4v) is 1.94. The van der Waals surface area contributed by atoms with Gasteiger partial charge in [0.15, 0.2) is 11.5 Å². The summed E-state index contributed by atoms with van der Waals surface area (Å²) in [5, 5.41) is 18.6. The average molecular weight is 235 g/mol. The Hall–Kier alpha value is -1.71. The second-order valence-electron chi connectivity index (χ2n) is 4.70. The van der Waals surface area contributed by atoms with Gasteiger partial charge in [0.2, 0.25) is 0 Å². The van der Waals surface area contributed by atoms with Crippen molar-refractivity contribution in [2.75, 3.05) is 7.05 Å². The molecule has 1 unspecified atom stereocenters. The van der Waals surface area contributed by atoms with Crippen molar-refractivity contribution in [1.29, 1.82) is 0 Å². The van der Waals surface area contributed by atoms with Crippen LogP contribution in [0.2, 0.25) is 0 Å². The van der Waals surface area contributed by atoms with Gasteiger partial charge in [0.25, 0.3) is 5.91 Å². The zero-order valence-corrected chi connectivity index (χ0v) is 10.1. The van der Waals surface area contributed by atoms with Crippen molar-refractivity contribution in [2.45, 2.75) is 25.8 Å². The summed E-state index contributed by atoms with van der Waals surface area (Å²) in [6.45, 7) is 2.04. The topological polar surface area (TPSA) is 60.8 Å². The average Bonchev–Trinajstić information content (AvgIpc) is 3.14. The molecule has 4 heteroatoms. The van der Waals surface area contributed by atoms with E-state index >= 15 is 0 Å². The van der Waals surface area contributed by atoms with Crippen LogP contribution in [0.4, 0.5) is 0 Å². The summed E-state index contributed by atoms with van der Waals surface area (Å²) in [6.07, 6.45) is 2.36. The van der Waals surface area contributed by atoms with Gasteiger partial charge in [-0.3, -0.25) is 4.79 Å². The normalized spacial score (nSPS) is 16.6. The number of phenols is 2. The minimum atomic E-state index is -0.261. The third kappa shape index (κ3) is 2.35. The van der Waals surface area contributed by atoms with Crippen molar-refractivity contribution in [3.05, 3.63) is 23.8 Å². The molecule has 4 nitrogen and oxygen atoms in total.